The Hall–Kier alpha value is -2.04. The lowest BCUT2D eigenvalue weighted by Gasteiger charge is -2.31. The Balaban J connectivity index is 1.54. The molecule has 166 valence electrons. The molecule has 2 aliphatic heterocycles. The van der Waals surface area contributed by atoms with E-state index in [1.54, 1.807) is 0 Å². The van der Waals surface area contributed by atoms with Crippen molar-refractivity contribution in [2.45, 2.75) is 37.0 Å². The molecule has 1 unspecified atom stereocenters. The van der Waals surface area contributed by atoms with Gasteiger partial charge < -0.3 is 16.0 Å². The summed E-state index contributed by atoms with van der Waals surface area (Å²) in [6.45, 7) is 3.38. The summed E-state index contributed by atoms with van der Waals surface area (Å²) in [5.41, 5.74) is 5.50. The van der Waals surface area contributed by atoms with Crippen molar-refractivity contribution in [2.24, 2.45) is 11.7 Å². The first-order valence-corrected chi connectivity index (χ1v) is 11.8. The molecule has 3 N–H and O–H groups in total. The minimum Gasteiger partial charge on any atom is -0.369 e. The number of carbonyl (C=O) groups is 2. The summed E-state index contributed by atoms with van der Waals surface area (Å²) < 4.78 is 40.8. The fourth-order valence-electron chi connectivity index (χ4n) is 4.01. The molecular weight excluding hydrogens is 411 g/mol. The smallest absolute Gasteiger partial charge is 0.251 e. The molecule has 1 atom stereocenters. The molecule has 8 nitrogen and oxygen atoms in total. The Morgan fingerprint density at radius 1 is 1.17 bits per heavy atom. The Morgan fingerprint density at radius 3 is 2.60 bits per heavy atom. The molecule has 0 spiro atoms. The highest BCUT2D eigenvalue weighted by Crippen LogP contribution is 2.24. The van der Waals surface area contributed by atoms with Gasteiger partial charge in [0.05, 0.1) is 5.92 Å². The highest BCUT2D eigenvalue weighted by molar-refractivity contribution is 7.89. The number of hydrogen-bond donors (Lipinski definition) is 2. The third-order valence-corrected chi connectivity index (χ3v) is 7.63. The number of halogens is 1. The average molecular weight is 441 g/mol. The quantitative estimate of drug-likeness (QED) is 0.584. The largest absolute Gasteiger partial charge is 0.369 e. The van der Waals surface area contributed by atoms with E-state index in [1.165, 1.54) is 10.4 Å². The number of rotatable bonds is 8. The molecular formula is C20H29FN4O4S. The van der Waals surface area contributed by atoms with E-state index in [0.717, 1.165) is 50.9 Å². The van der Waals surface area contributed by atoms with Crippen molar-refractivity contribution in [1.29, 1.82) is 0 Å². The van der Waals surface area contributed by atoms with Crippen LogP contribution in [0, 0.1) is 11.7 Å². The van der Waals surface area contributed by atoms with Crippen LogP contribution >= 0.6 is 0 Å². The monoisotopic (exact) mass is 440 g/mol. The van der Waals surface area contributed by atoms with Crippen molar-refractivity contribution in [1.82, 2.24) is 14.5 Å². The molecule has 2 heterocycles. The summed E-state index contributed by atoms with van der Waals surface area (Å²) in [6, 6.07) is 3.42. The molecule has 0 bridgehead atoms. The number of nitrogens with zero attached hydrogens (tertiary/aromatic N) is 2. The molecule has 2 aliphatic rings. The number of piperidine rings is 1. The average Bonchev–Trinajstić information content (AvgIpc) is 3.27. The molecule has 0 aromatic heterocycles. The molecule has 2 fully saturated rings. The molecule has 1 aromatic carbocycles. The maximum absolute atomic E-state index is 14.2. The van der Waals surface area contributed by atoms with Crippen LogP contribution in [0.2, 0.25) is 0 Å². The number of hydrogen-bond acceptors (Lipinski definition) is 5. The molecule has 10 heteroatoms. The lowest BCUT2D eigenvalue weighted by Crippen LogP contribution is -2.42. The minimum absolute atomic E-state index is 0.112. The van der Waals surface area contributed by atoms with Crippen molar-refractivity contribution < 1.29 is 22.4 Å². The number of primary amides is 1. The molecule has 0 saturated carbocycles. The fraction of sp³-hybridized carbons (Fsp3) is 0.600. The molecule has 0 radical (unpaired) electrons. The van der Waals surface area contributed by atoms with Crippen molar-refractivity contribution in [3.63, 3.8) is 0 Å². The van der Waals surface area contributed by atoms with Gasteiger partial charge in [0.25, 0.3) is 5.91 Å². The third kappa shape index (κ3) is 5.35. The van der Waals surface area contributed by atoms with Gasteiger partial charge in [0.2, 0.25) is 15.9 Å². The zero-order valence-electron chi connectivity index (χ0n) is 17.0. The predicted octanol–water partition coefficient (Wildman–Crippen LogP) is 0.927. The van der Waals surface area contributed by atoms with E-state index in [4.69, 9.17) is 5.73 Å². The Labute approximate surface area is 176 Å². The van der Waals surface area contributed by atoms with Gasteiger partial charge in [0, 0.05) is 31.7 Å². The second-order valence-electron chi connectivity index (χ2n) is 7.91. The summed E-state index contributed by atoms with van der Waals surface area (Å²) in [7, 11) is -3.94. The van der Waals surface area contributed by atoms with Crippen molar-refractivity contribution in [3.8, 4) is 0 Å². The van der Waals surface area contributed by atoms with Gasteiger partial charge in [0.1, 0.15) is 10.7 Å². The number of amides is 2. The summed E-state index contributed by atoms with van der Waals surface area (Å²) >= 11 is 0. The summed E-state index contributed by atoms with van der Waals surface area (Å²) in [4.78, 5) is 25.5. The SMILES string of the molecule is NC(=O)C1CCCN(CCCNC(=O)c2ccc(F)c(S(=O)(=O)N3CCCC3)c2)C1. The van der Waals surface area contributed by atoms with Crippen molar-refractivity contribution >= 4 is 21.8 Å². The maximum Gasteiger partial charge on any atom is 0.251 e. The first-order valence-electron chi connectivity index (χ1n) is 10.4. The first kappa shape index (κ1) is 22.6. The maximum atomic E-state index is 14.2. The lowest BCUT2D eigenvalue weighted by molar-refractivity contribution is -0.123. The van der Waals surface area contributed by atoms with Gasteiger partial charge in [-0.05, 0) is 63.4 Å². The zero-order valence-corrected chi connectivity index (χ0v) is 17.8. The van der Waals surface area contributed by atoms with Crippen molar-refractivity contribution in [2.75, 3.05) is 39.3 Å². The number of likely N-dealkylation sites (tertiary alicyclic amines) is 1. The van der Waals surface area contributed by atoms with E-state index in [9.17, 15) is 22.4 Å². The van der Waals surface area contributed by atoms with Crippen LogP contribution < -0.4 is 11.1 Å². The van der Waals surface area contributed by atoms with Crippen LogP contribution in [0.15, 0.2) is 23.1 Å². The van der Waals surface area contributed by atoms with E-state index in [2.05, 4.69) is 10.2 Å². The van der Waals surface area contributed by atoms with E-state index < -0.39 is 26.6 Å². The molecule has 0 aliphatic carbocycles. The number of nitrogens with one attached hydrogen (secondary N) is 1. The standard InChI is InChI=1S/C20H29FN4O4S/c21-17-7-6-15(13-18(17)30(28,29)25-11-1-2-12-25)20(27)23-8-4-10-24-9-3-5-16(14-24)19(22)26/h6-7,13,16H,1-5,8-12,14H2,(H2,22,26)(H,23,27). The lowest BCUT2D eigenvalue weighted by atomic mass is 9.97. The molecule has 30 heavy (non-hydrogen) atoms. The van der Waals surface area contributed by atoms with Crippen LogP contribution in [0.25, 0.3) is 0 Å². The van der Waals surface area contributed by atoms with Gasteiger partial charge in [-0.2, -0.15) is 4.31 Å². The Bertz CT molecular complexity index is 887. The molecule has 1 aromatic rings. The molecule has 2 saturated heterocycles. The van der Waals surface area contributed by atoms with Crippen LogP contribution in [0.5, 0.6) is 0 Å². The van der Waals surface area contributed by atoms with Gasteiger partial charge in [-0.1, -0.05) is 0 Å². The normalized spacial score (nSPS) is 20.9. The van der Waals surface area contributed by atoms with E-state index in [1.807, 2.05) is 0 Å². The van der Waals surface area contributed by atoms with Crippen LogP contribution in [0.1, 0.15) is 42.5 Å². The summed E-state index contributed by atoms with van der Waals surface area (Å²) in [6.07, 6.45) is 3.91. The van der Waals surface area contributed by atoms with Gasteiger partial charge in [-0.25, -0.2) is 12.8 Å². The number of sulfonamides is 1. The predicted molar refractivity (Wildman–Crippen MR) is 110 cm³/mol. The number of carbonyl (C=O) groups excluding carboxylic acids is 2. The molecule has 3 rings (SSSR count). The zero-order chi connectivity index (χ0) is 21.7. The van der Waals surface area contributed by atoms with E-state index in [0.29, 0.717) is 32.6 Å². The number of nitrogens with two attached hydrogens (primary N) is 1. The van der Waals surface area contributed by atoms with Crippen LogP contribution in [0.4, 0.5) is 4.39 Å². The van der Waals surface area contributed by atoms with Crippen LogP contribution in [-0.4, -0.2) is 68.7 Å². The van der Waals surface area contributed by atoms with Crippen molar-refractivity contribution in [3.05, 3.63) is 29.6 Å². The van der Waals surface area contributed by atoms with Gasteiger partial charge in [-0.15, -0.1) is 0 Å². The second kappa shape index (κ2) is 9.84. The Kier molecular flexibility index (Phi) is 7.43. The number of benzene rings is 1. The summed E-state index contributed by atoms with van der Waals surface area (Å²) in [5, 5.41) is 2.75. The fourth-order valence-corrected chi connectivity index (χ4v) is 5.61. The highest BCUT2D eigenvalue weighted by atomic mass is 32.2. The minimum atomic E-state index is -3.94. The summed E-state index contributed by atoms with van der Waals surface area (Å²) in [5.74, 6) is -1.69. The second-order valence-corrected chi connectivity index (χ2v) is 9.81. The van der Waals surface area contributed by atoms with Gasteiger partial charge in [-0.3, -0.25) is 9.59 Å². The first-order chi connectivity index (χ1) is 14.3. The highest BCUT2D eigenvalue weighted by Gasteiger charge is 2.30. The topological polar surface area (TPSA) is 113 Å². The van der Waals surface area contributed by atoms with Gasteiger partial charge >= 0.3 is 0 Å². The van der Waals surface area contributed by atoms with Crippen LogP contribution in [0.3, 0.4) is 0 Å². The van der Waals surface area contributed by atoms with E-state index in [-0.39, 0.29) is 17.4 Å². The van der Waals surface area contributed by atoms with E-state index >= 15 is 0 Å². The Morgan fingerprint density at radius 2 is 1.90 bits per heavy atom. The third-order valence-electron chi connectivity index (χ3n) is 5.72. The molecule has 2 amide bonds. The van der Waals surface area contributed by atoms with Gasteiger partial charge in [0.15, 0.2) is 0 Å². The van der Waals surface area contributed by atoms with Crippen LogP contribution in [-0.2, 0) is 14.8 Å².